The molecule has 10 nitrogen and oxygen atoms in total. The summed E-state index contributed by atoms with van der Waals surface area (Å²) in [4.78, 5) is 31.1. The summed E-state index contributed by atoms with van der Waals surface area (Å²) in [6.45, 7) is 15.9. The fraction of sp³-hybridized carbons (Fsp3) is 0.737. The predicted octanol–water partition coefficient (Wildman–Crippen LogP) is 1.25. The molecular weight excluding hydrogens is 384 g/mol. The van der Waals surface area contributed by atoms with Crippen LogP contribution in [0.2, 0.25) is 0 Å². The number of carbonyl (C=O) groups excluding carboxylic acids is 1. The van der Waals surface area contributed by atoms with E-state index in [4.69, 9.17) is 31.0 Å². The number of rotatable bonds is 9. The van der Waals surface area contributed by atoms with Gasteiger partial charge in [0, 0.05) is 11.0 Å². The molecule has 0 spiro atoms. The third-order valence-corrected chi connectivity index (χ3v) is 3.45. The van der Waals surface area contributed by atoms with Crippen LogP contribution in [0.3, 0.4) is 0 Å². The van der Waals surface area contributed by atoms with Gasteiger partial charge in [0.15, 0.2) is 0 Å². The van der Waals surface area contributed by atoms with Gasteiger partial charge >= 0.3 is 17.9 Å². The van der Waals surface area contributed by atoms with Gasteiger partial charge in [-0.2, -0.15) is 5.48 Å². The molecule has 0 saturated heterocycles. The van der Waals surface area contributed by atoms with Crippen LogP contribution in [0.5, 0.6) is 0 Å². The Bertz CT molecular complexity index is 518. The summed E-state index contributed by atoms with van der Waals surface area (Å²) >= 11 is 0. The molecule has 0 heterocycles. The van der Waals surface area contributed by atoms with E-state index in [9.17, 15) is 14.4 Å². The molecule has 0 aliphatic rings. The molecule has 29 heavy (non-hydrogen) atoms. The Kier molecular flexibility index (Phi) is 17.3. The van der Waals surface area contributed by atoms with E-state index >= 15 is 0 Å². The lowest BCUT2D eigenvalue weighted by atomic mass is 9.97. The minimum atomic E-state index is -1.03. The van der Waals surface area contributed by atoms with E-state index in [1.54, 1.807) is 40.1 Å². The zero-order valence-electron chi connectivity index (χ0n) is 18.4. The summed E-state index contributed by atoms with van der Waals surface area (Å²) in [5, 5.41) is 33.6. The van der Waals surface area contributed by atoms with Crippen molar-refractivity contribution < 1.29 is 39.6 Å². The topological polar surface area (TPSA) is 179 Å². The number of nitrogens with two attached hydrogens (primary N) is 1. The van der Waals surface area contributed by atoms with E-state index in [0.717, 1.165) is 0 Å². The first-order chi connectivity index (χ1) is 13.0. The number of hydrogen-bond acceptors (Lipinski definition) is 8. The molecule has 0 fully saturated rings. The van der Waals surface area contributed by atoms with Crippen molar-refractivity contribution in [3.05, 3.63) is 12.2 Å². The normalized spacial score (nSPS) is 12.7. The van der Waals surface area contributed by atoms with Gasteiger partial charge in [0.1, 0.15) is 12.1 Å². The zero-order valence-corrected chi connectivity index (χ0v) is 18.4. The van der Waals surface area contributed by atoms with E-state index in [2.05, 4.69) is 6.58 Å². The summed E-state index contributed by atoms with van der Waals surface area (Å²) < 4.78 is 4.86. The van der Waals surface area contributed by atoms with Crippen LogP contribution in [0.15, 0.2) is 12.2 Å². The monoisotopic (exact) mass is 422 g/mol. The Labute approximate surface area is 172 Å². The van der Waals surface area contributed by atoms with Gasteiger partial charge in [-0.1, -0.05) is 48.1 Å². The average Bonchev–Trinajstić information content (AvgIpc) is 2.59. The molecule has 2 atom stereocenters. The van der Waals surface area contributed by atoms with Crippen LogP contribution in [0.1, 0.15) is 48.5 Å². The second kappa shape index (κ2) is 15.9. The maximum absolute atomic E-state index is 10.9. The number of aliphatic carboxylic acids is 2. The van der Waals surface area contributed by atoms with Crippen molar-refractivity contribution >= 4 is 17.9 Å². The first-order valence-electron chi connectivity index (χ1n) is 9.08. The maximum atomic E-state index is 10.9. The highest BCUT2D eigenvalue weighted by atomic mass is 16.5. The number of aliphatic hydroxyl groups excluding tert-OH is 1. The highest BCUT2D eigenvalue weighted by molar-refractivity contribution is 5.86. The fourth-order valence-corrected chi connectivity index (χ4v) is 1.20. The smallest absolute Gasteiger partial charge is 0.333 e. The SMILES string of the molecule is C=C(C)C(=O)OCC(C)(C)CO.CC(C)[C@H](N)C(=O)O.CC(C)[C@H](NO)C(=O)O. The van der Waals surface area contributed by atoms with Crippen LogP contribution in [-0.4, -0.2) is 63.7 Å². The van der Waals surface area contributed by atoms with Gasteiger partial charge in [-0.3, -0.25) is 9.59 Å². The molecule has 0 aromatic rings. The summed E-state index contributed by atoms with van der Waals surface area (Å²) in [6.07, 6.45) is 0. The van der Waals surface area contributed by atoms with Gasteiger partial charge in [-0.05, 0) is 18.8 Å². The Balaban J connectivity index is -0.000000359. The Morgan fingerprint density at radius 3 is 1.66 bits per heavy atom. The summed E-state index contributed by atoms with van der Waals surface area (Å²) in [5.41, 5.74) is 6.87. The van der Waals surface area contributed by atoms with E-state index in [-0.39, 0.29) is 30.5 Å². The third-order valence-electron chi connectivity index (χ3n) is 3.45. The molecule has 0 saturated carbocycles. The first kappa shape index (κ1) is 31.7. The average molecular weight is 423 g/mol. The molecule has 0 radical (unpaired) electrons. The number of nitrogens with one attached hydrogen (secondary N) is 1. The fourth-order valence-electron chi connectivity index (χ4n) is 1.20. The van der Waals surface area contributed by atoms with Gasteiger partial charge in [0.25, 0.3) is 0 Å². The predicted molar refractivity (Wildman–Crippen MR) is 108 cm³/mol. The largest absolute Gasteiger partial charge is 0.480 e. The van der Waals surface area contributed by atoms with Crippen LogP contribution in [0.4, 0.5) is 0 Å². The molecule has 172 valence electrons. The van der Waals surface area contributed by atoms with Gasteiger partial charge < -0.3 is 31.0 Å². The maximum Gasteiger partial charge on any atom is 0.333 e. The van der Waals surface area contributed by atoms with Crippen molar-refractivity contribution in [3.8, 4) is 0 Å². The minimum Gasteiger partial charge on any atom is -0.480 e. The first-order valence-corrected chi connectivity index (χ1v) is 9.08. The highest BCUT2D eigenvalue weighted by Gasteiger charge is 2.20. The molecule has 0 rings (SSSR count). The Morgan fingerprint density at radius 1 is 1.07 bits per heavy atom. The minimum absolute atomic E-state index is 0.00350. The lowest BCUT2D eigenvalue weighted by molar-refractivity contribution is -0.144. The van der Waals surface area contributed by atoms with Gasteiger partial charge in [-0.25, -0.2) is 4.79 Å². The number of hydroxylamine groups is 1. The second-order valence-corrected chi connectivity index (χ2v) is 7.98. The molecule has 0 amide bonds. The number of ether oxygens (including phenoxy) is 1. The van der Waals surface area contributed by atoms with E-state index in [0.29, 0.717) is 5.57 Å². The quantitative estimate of drug-likeness (QED) is 0.180. The number of carbonyl (C=O) groups is 3. The van der Waals surface area contributed by atoms with Crippen LogP contribution in [0.25, 0.3) is 0 Å². The Morgan fingerprint density at radius 2 is 1.52 bits per heavy atom. The van der Waals surface area contributed by atoms with Gasteiger partial charge in [0.2, 0.25) is 0 Å². The summed E-state index contributed by atoms with van der Waals surface area (Å²) in [7, 11) is 0. The Hall–Kier alpha value is -2.01. The number of carboxylic acid groups (broad SMARTS) is 2. The molecule has 0 unspecified atom stereocenters. The van der Waals surface area contributed by atoms with Crippen LogP contribution in [0, 0.1) is 17.3 Å². The van der Waals surface area contributed by atoms with Crippen molar-refractivity contribution in [2.45, 2.75) is 60.5 Å². The third kappa shape index (κ3) is 17.8. The van der Waals surface area contributed by atoms with Crippen LogP contribution < -0.4 is 11.2 Å². The van der Waals surface area contributed by atoms with Crippen molar-refractivity contribution in [1.29, 1.82) is 0 Å². The van der Waals surface area contributed by atoms with Crippen LogP contribution in [-0.2, 0) is 19.1 Å². The molecular formula is C19H38N2O8. The summed E-state index contributed by atoms with van der Waals surface area (Å²) in [6, 6.07) is -1.57. The van der Waals surface area contributed by atoms with Crippen molar-refractivity contribution in [2.24, 2.45) is 23.0 Å². The van der Waals surface area contributed by atoms with Crippen molar-refractivity contribution in [1.82, 2.24) is 5.48 Å². The molecule has 0 aromatic heterocycles. The number of esters is 1. The molecule has 0 aliphatic carbocycles. The van der Waals surface area contributed by atoms with Crippen molar-refractivity contribution in [2.75, 3.05) is 13.2 Å². The standard InChI is InChI=1S/C9H16O3.C5H11NO3.C5H11NO2/c1-7(2)8(11)12-6-9(3,4)5-10;1-3(2)4(6-9)5(7)8;1-3(2)4(6)5(7)8/h10H,1,5-6H2,2-4H3;3-4,6,9H,1-2H3,(H,7,8);3-4H,6H2,1-2H3,(H,7,8)/t;2*4-/m.00/s1. The summed E-state index contributed by atoms with van der Waals surface area (Å²) in [5.74, 6) is -2.45. The molecule has 10 heteroatoms. The van der Waals surface area contributed by atoms with Gasteiger partial charge in [0.05, 0.1) is 13.2 Å². The molecule has 0 aromatic carbocycles. The second-order valence-electron chi connectivity index (χ2n) is 7.98. The zero-order chi connectivity index (χ0) is 23.9. The van der Waals surface area contributed by atoms with Gasteiger partial charge in [-0.15, -0.1) is 0 Å². The molecule has 7 N–H and O–H groups in total. The number of aliphatic hydroxyl groups is 1. The van der Waals surface area contributed by atoms with E-state index < -0.39 is 30.0 Å². The van der Waals surface area contributed by atoms with E-state index in [1.807, 2.05) is 13.8 Å². The van der Waals surface area contributed by atoms with E-state index in [1.165, 1.54) is 0 Å². The molecule has 0 bridgehead atoms. The number of hydrogen-bond donors (Lipinski definition) is 6. The van der Waals surface area contributed by atoms with Crippen LogP contribution >= 0.6 is 0 Å². The van der Waals surface area contributed by atoms with Crippen molar-refractivity contribution in [3.63, 3.8) is 0 Å². The lowest BCUT2D eigenvalue weighted by Gasteiger charge is -2.20. The number of carboxylic acids is 2. The molecule has 0 aliphatic heterocycles. The highest BCUT2D eigenvalue weighted by Crippen LogP contribution is 2.14. The lowest BCUT2D eigenvalue weighted by Crippen LogP contribution is -2.38.